The van der Waals surface area contributed by atoms with E-state index in [2.05, 4.69) is 0 Å². The second-order valence-electron chi connectivity index (χ2n) is 5.98. The van der Waals surface area contributed by atoms with E-state index in [4.69, 9.17) is 10.5 Å². The number of hydrogen-bond donors (Lipinski definition) is 1. The maximum Gasteiger partial charge on any atom is 0.302 e. The first kappa shape index (κ1) is 14.6. The lowest BCUT2D eigenvalue weighted by Gasteiger charge is -2.16. The third kappa shape index (κ3) is 2.58. The summed E-state index contributed by atoms with van der Waals surface area (Å²) in [6.45, 7) is 3.38. The molecule has 1 fully saturated rings. The van der Waals surface area contributed by atoms with Gasteiger partial charge in [0.1, 0.15) is 6.61 Å². The largest absolute Gasteiger partial charge is 0.464 e. The summed E-state index contributed by atoms with van der Waals surface area (Å²) < 4.78 is 6.57. The molecule has 1 aliphatic carbocycles. The lowest BCUT2D eigenvalue weighted by Crippen LogP contribution is -2.26. The number of anilines is 1. The van der Waals surface area contributed by atoms with Crippen molar-refractivity contribution < 1.29 is 9.53 Å². The van der Waals surface area contributed by atoms with Crippen molar-refractivity contribution in [1.29, 1.82) is 0 Å². The molecule has 1 saturated carbocycles. The van der Waals surface area contributed by atoms with Crippen LogP contribution in [0.1, 0.15) is 44.2 Å². The number of pyridine rings is 1. The van der Waals surface area contributed by atoms with Gasteiger partial charge in [0.25, 0.3) is 5.56 Å². The number of fused-ring (bicyclic) bond motifs is 1. The van der Waals surface area contributed by atoms with E-state index in [0.717, 1.165) is 16.6 Å². The van der Waals surface area contributed by atoms with Gasteiger partial charge in [-0.05, 0) is 43.4 Å². The molecule has 0 saturated heterocycles. The lowest BCUT2D eigenvalue weighted by molar-refractivity contribution is -0.141. The Morgan fingerprint density at radius 2 is 2.09 bits per heavy atom. The number of nitrogen functional groups attached to an aromatic ring is 1. The van der Waals surface area contributed by atoms with E-state index in [1.54, 1.807) is 10.8 Å². The topological polar surface area (TPSA) is 74.3 Å². The van der Waals surface area contributed by atoms with Gasteiger partial charge in [0.15, 0.2) is 0 Å². The third-order valence-electron chi connectivity index (χ3n) is 4.21. The molecule has 1 aliphatic rings. The maximum atomic E-state index is 12.6. The molecule has 1 atom stereocenters. The first-order chi connectivity index (χ1) is 10.5. The zero-order valence-corrected chi connectivity index (χ0v) is 12.8. The van der Waals surface area contributed by atoms with E-state index in [1.807, 2.05) is 25.1 Å². The molecule has 1 aromatic carbocycles. The zero-order valence-electron chi connectivity index (χ0n) is 12.8. The highest BCUT2D eigenvalue weighted by Crippen LogP contribution is 2.44. The van der Waals surface area contributed by atoms with E-state index in [1.165, 1.54) is 19.8 Å². The summed E-state index contributed by atoms with van der Waals surface area (Å²) in [5.41, 5.74) is 8.00. The van der Waals surface area contributed by atoms with E-state index in [9.17, 15) is 9.59 Å². The summed E-state index contributed by atoms with van der Waals surface area (Å²) in [6, 6.07) is 5.49. The van der Waals surface area contributed by atoms with Crippen molar-refractivity contribution >= 4 is 22.4 Å². The highest BCUT2D eigenvalue weighted by Gasteiger charge is 2.26. The van der Waals surface area contributed by atoms with Crippen LogP contribution in [0.5, 0.6) is 0 Å². The van der Waals surface area contributed by atoms with Crippen LogP contribution in [0.2, 0.25) is 0 Å². The fourth-order valence-corrected chi connectivity index (χ4v) is 2.80. The molecule has 22 heavy (non-hydrogen) atoms. The Bertz CT molecular complexity index is 790. The first-order valence-corrected chi connectivity index (χ1v) is 7.55. The number of benzene rings is 1. The molecule has 0 bridgehead atoms. The summed E-state index contributed by atoms with van der Waals surface area (Å²) in [5.74, 6) is 0.203. The van der Waals surface area contributed by atoms with Gasteiger partial charge in [-0.25, -0.2) is 0 Å². The number of esters is 1. The molecule has 0 amide bonds. The summed E-state index contributed by atoms with van der Waals surface area (Å²) in [5, 5.41) is 1.42. The highest BCUT2D eigenvalue weighted by molar-refractivity contribution is 5.94. The van der Waals surface area contributed by atoms with Gasteiger partial charge in [0.05, 0.1) is 6.04 Å². The monoisotopic (exact) mass is 300 g/mol. The summed E-state index contributed by atoms with van der Waals surface area (Å²) >= 11 is 0. The van der Waals surface area contributed by atoms with E-state index < -0.39 is 0 Å². The average molecular weight is 300 g/mol. The van der Waals surface area contributed by atoms with Crippen molar-refractivity contribution in [3.05, 3.63) is 40.3 Å². The van der Waals surface area contributed by atoms with Crippen molar-refractivity contribution in [3.8, 4) is 0 Å². The van der Waals surface area contributed by atoms with Crippen LogP contribution in [0, 0.1) is 0 Å². The van der Waals surface area contributed by atoms with Gasteiger partial charge >= 0.3 is 5.97 Å². The predicted molar refractivity (Wildman–Crippen MR) is 85.9 cm³/mol. The number of nitrogens with zero attached hydrogens (tertiary/aromatic N) is 1. The van der Waals surface area contributed by atoms with Gasteiger partial charge in [0, 0.05) is 29.6 Å². The third-order valence-corrected chi connectivity index (χ3v) is 4.21. The van der Waals surface area contributed by atoms with Crippen LogP contribution in [-0.4, -0.2) is 17.1 Å². The number of hydrogen-bond acceptors (Lipinski definition) is 4. The minimum atomic E-state index is -0.348. The van der Waals surface area contributed by atoms with Crippen molar-refractivity contribution in [2.24, 2.45) is 0 Å². The van der Waals surface area contributed by atoms with Crippen LogP contribution in [0.25, 0.3) is 10.8 Å². The van der Waals surface area contributed by atoms with Crippen LogP contribution < -0.4 is 11.3 Å². The normalized spacial score (nSPS) is 15.7. The van der Waals surface area contributed by atoms with Crippen LogP contribution in [-0.2, 0) is 9.53 Å². The SMILES string of the molecule is CC(=O)OC[C@@H](C)n1ccc2c(N)c(C3CC3)ccc2c1=O. The molecule has 0 radical (unpaired) electrons. The molecule has 5 heteroatoms. The number of carbonyl (C=O) groups is 1. The molecular weight excluding hydrogens is 280 g/mol. The van der Waals surface area contributed by atoms with Crippen LogP contribution in [0.15, 0.2) is 29.2 Å². The number of nitrogens with two attached hydrogens (primary N) is 1. The van der Waals surface area contributed by atoms with Crippen molar-refractivity contribution in [2.45, 2.75) is 38.6 Å². The van der Waals surface area contributed by atoms with E-state index >= 15 is 0 Å². The number of carbonyl (C=O) groups excluding carboxylic acids is 1. The quantitative estimate of drug-likeness (QED) is 0.695. The first-order valence-electron chi connectivity index (χ1n) is 7.55. The predicted octanol–water partition coefficient (Wildman–Crippen LogP) is 2.59. The molecule has 5 nitrogen and oxygen atoms in total. The van der Waals surface area contributed by atoms with Crippen LogP contribution in [0.4, 0.5) is 5.69 Å². The average Bonchev–Trinajstić information content (AvgIpc) is 3.30. The molecule has 116 valence electrons. The highest BCUT2D eigenvalue weighted by atomic mass is 16.5. The lowest BCUT2D eigenvalue weighted by atomic mass is 10.0. The minimum Gasteiger partial charge on any atom is -0.464 e. The summed E-state index contributed by atoms with van der Waals surface area (Å²) in [4.78, 5) is 23.5. The molecule has 0 aliphatic heterocycles. The Morgan fingerprint density at radius 1 is 1.36 bits per heavy atom. The summed E-state index contributed by atoms with van der Waals surface area (Å²) in [6.07, 6.45) is 4.07. The summed E-state index contributed by atoms with van der Waals surface area (Å²) in [7, 11) is 0. The van der Waals surface area contributed by atoms with Gasteiger partial charge in [-0.1, -0.05) is 6.07 Å². The molecule has 3 rings (SSSR count). The second kappa shape index (κ2) is 5.48. The Morgan fingerprint density at radius 3 is 2.73 bits per heavy atom. The molecular formula is C17H20N2O3. The Hall–Kier alpha value is -2.30. The number of ether oxygens (including phenoxy) is 1. The van der Waals surface area contributed by atoms with Gasteiger partial charge in [-0.15, -0.1) is 0 Å². The smallest absolute Gasteiger partial charge is 0.302 e. The van der Waals surface area contributed by atoms with Crippen LogP contribution in [0.3, 0.4) is 0 Å². The van der Waals surface area contributed by atoms with Crippen LogP contribution >= 0.6 is 0 Å². The Balaban J connectivity index is 2.01. The minimum absolute atomic E-state index is 0.105. The van der Waals surface area contributed by atoms with Crippen molar-refractivity contribution in [2.75, 3.05) is 12.3 Å². The fourth-order valence-electron chi connectivity index (χ4n) is 2.80. The number of aromatic nitrogens is 1. The van der Waals surface area contributed by atoms with Gasteiger partial charge in [0.2, 0.25) is 0 Å². The molecule has 2 N–H and O–H groups in total. The molecule has 2 aromatic rings. The van der Waals surface area contributed by atoms with Gasteiger partial charge in [-0.3, -0.25) is 9.59 Å². The Labute approximate surface area is 128 Å². The molecule has 0 unspecified atom stereocenters. The second-order valence-corrected chi connectivity index (χ2v) is 5.98. The number of rotatable bonds is 4. The van der Waals surface area contributed by atoms with Gasteiger partial charge in [-0.2, -0.15) is 0 Å². The molecule has 0 spiro atoms. The molecule has 1 aromatic heterocycles. The van der Waals surface area contributed by atoms with E-state index in [-0.39, 0.29) is 24.2 Å². The van der Waals surface area contributed by atoms with Gasteiger partial charge < -0.3 is 15.0 Å². The molecule has 1 heterocycles. The fraction of sp³-hybridized carbons (Fsp3) is 0.412. The maximum absolute atomic E-state index is 12.6. The zero-order chi connectivity index (χ0) is 15.9. The van der Waals surface area contributed by atoms with Crippen molar-refractivity contribution in [1.82, 2.24) is 4.57 Å². The Kier molecular flexibility index (Phi) is 3.64. The standard InChI is InChI=1S/C17H20N2O3/c1-10(9-22-11(2)20)19-8-7-14-15(17(19)21)6-5-13(16(14)18)12-3-4-12/h5-8,10,12H,3-4,9,18H2,1-2H3/t10-/m1/s1. The van der Waals surface area contributed by atoms with Crippen molar-refractivity contribution in [3.63, 3.8) is 0 Å². The van der Waals surface area contributed by atoms with E-state index in [0.29, 0.717) is 11.3 Å².